The van der Waals surface area contributed by atoms with Crippen LogP contribution in [0.3, 0.4) is 0 Å². The molecule has 2 N–H and O–H groups in total. The summed E-state index contributed by atoms with van der Waals surface area (Å²) in [5.74, 6) is 0.482. The van der Waals surface area contributed by atoms with Gasteiger partial charge in [-0.15, -0.1) is 0 Å². The van der Waals surface area contributed by atoms with Gasteiger partial charge in [0.2, 0.25) is 0 Å². The number of alkyl carbamates (subject to hydrolysis) is 1. The van der Waals surface area contributed by atoms with Gasteiger partial charge in [0.1, 0.15) is 5.60 Å². The van der Waals surface area contributed by atoms with E-state index in [0.717, 1.165) is 19.5 Å². The van der Waals surface area contributed by atoms with Crippen molar-refractivity contribution in [1.29, 1.82) is 0 Å². The first-order valence-electron chi connectivity index (χ1n) is 8.03. The molecule has 0 aliphatic rings. The molecule has 4 nitrogen and oxygen atoms in total. The highest BCUT2D eigenvalue weighted by Gasteiger charge is 2.17. The van der Waals surface area contributed by atoms with E-state index < -0.39 is 5.60 Å². The zero-order valence-corrected chi connectivity index (χ0v) is 14.5. The van der Waals surface area contributed by atoms with Crippen LogP contribution >= 0.6 is 0 Å². The molecule has 4 heteroatoms. The van der Waals surface area contributed by atoms with Crippen molar-refractivity contribution >= 4 is 6.09 Å². The first-order chi connectivity index (χ1) is 10.3. The van der Waals surface area contributed by atoms with Gasteiger partial charge in [-0.05, 0) is 52.1 Å². The summed E-state index contributed by atoms with van der Waals surface area (Å²) in [4.78, 5) is 11.6. The Morgan fingerprint density at radius 2 is 1.82 bits per heavy atom. The Kier molecular flexibility index (Phi) is 7.39. The number of nitrogens with one attached hydrogen (secondary N) is 2. The predicted octanol–water partition coefficient (Wildman–Crippen LogP) is 3.68. The minimum Gasteiger partial charge on any atom is -0.444 e. The topological polar surface area (TPSA) is 50.4 Å². The Morgan fingerprint density at radius 3 is 2.41 bits per heavy atom. The van der Waals surface area contributed by atoms with Crippen molar-refractivity contribution < 1.29 is 9.53 Å². The van der Waals surface area contributed by atoms with Crippen LogP contribution in [0.25, 0.3) is 0 Å². The standard InChI is InChI=1S/C18H30N2O2/c1-14(16-9-7-6-8-10-16)13-19-12-11-15(2)20-17(21)22-18(3,4)5/h6-10,14-15,19H,11-13H2,1-5H3,(H,20,21). The summed E-state index contributed by atoms with van der Waals surface area (Å²) in [5, 5.41) is 6.30. The third kappa shape index (κ3) is 8.03. The van der Waals surface area contributed by atoms with Gasteiger partial charge in [0.05, 0.1) is 0 Å². The van der Waals surface area contributed by atoms with Crippen LogP contribution in [0.4, 0.5) is 4.79 Å². The quantitative estimate of drug-likeness (QED) is 0.756. The molecular weight excluding hydrogens is 276 g/mol. The monoisotopic (exact) mass is 306 g/mol. The van der Waals surface area contributed by atoms with Gasteiger partial charge in [-0.1, -0.05) is 37.3 Å². The fourth-order valence-electron chi connectivity index (χ4n) is 2.12. The Bertz CT molecular complexity index is 440. The van der Waals surface area contributed by atoms with E-state index in [4.69, 9.17) is 4.74 Å². The van der Waals surface area contributed by atoms with Gasteiger partial charge < -0.3 is 15.4 Å². The molecular formula is C18H30N2O2. The minimum absolute atomic E-state index is 0.0920. The smallest absolute Gasteiger partial charge is 0.407 e. The number of benzene rings is 1. The van der Waals surface area contributed by atoms with E-state index in [9.17, 15) is 4.79 Å². The van der Waals surface area contributed by atoms with E-state index in [1.54, 1.807) is 0 Å². The molecule has 0 heterocycles. The van der Waals surface area contributed by atoms with E-state index >= 15 is 0 Å². The summed E-state index contributed by atoms with van der Waals surface area (Å²) in [5.41, 5.74) is 0.891. The summed E-state index contributed by atoms with van der Waals surface area (Å²) in [6.45, 7) is 11.6. The molecule has 0 saturated heterocycles. The van der Waals surface area contributed by atoms with Crippen molar-refractivity contribution in [3.8, 4) is 0 Å². The Morgan fingerprint density at radius 1 is 1.18 bits per heavy atom. The summed E-state index contributed by atoms with van der Waals surface area (Å²) in [6, 6.07) is 10.6. The molecule has 0 bridgehead atoms. The Labute approximate surface area is 134 Å². The van der Waals surface area contributed by atoms with Crippen LogP contribution in [-0.4, -0.2) is 30.8 Å². The summed E-state index contributed by atoms with van der Waals surface area (Å²) < 4.78 is 5.24. The Balaban J connectivity index is 2.17. The number of hydrogen-bond donors (Lipinski definition) is 2. The second-order valence-corrected chi connectivity index (χ2v) is 6.85. The predicted molar refractivity (Wildman–Crippen MR) is 91.2 cm³/mol. The van der Waals surface area contributed by atoms with Gasteiger partial charge in [0.15, 0.2) is 0 Å². The number of carbonyl (C=O) groups is 1. The van der Waals surface area contributed by atoms with E-state index in [0.29, 0.717) is 5.92 Å². The molecule has 0 spiro atoms. The molecule has 1 aromatic rings. The number of carbonyl (C=O) groups excluding carboxylic acids is 1. The number of rotatable bonds is 7. The normalized spacial score (nSPS) is 14.2. The SMILES string of the molecule is CC(CCNCC(C)c1ccccc1)NC(=O)OC(C)(C)C. The molecule has 0 saturated carbocycles. The number of hydrogen-bond acceptors (Lipinski definition) is 3. The average molecular weight is 306 g/mol. The molecule has 2 unspecified atom stereocenters. The lowest BCUT2D eigenvalue weighted by atomic mass is 10.0. The van der Waals surface area contributed by atoms with Gasteiger partial charge in [-0.25, -0.2) is 4.79 Å². The molecule has 1 rings (SSSR count). The highest BCUT2D eigenvalue weighted by molar-refractivity contribution is 5.67. The van der Waals surface area contributed by atoms with Crippen molar-refractivity contribution in [3.05, 3.63) is 35.9 Å². The largest absolute Gasteiger partial charge is 0.444 e. The van der Waals surface area contributed by atoms with E-state index in [-0.39, 0.29) is 12.1 Å². The molecule has 2 atom stereocenters. The maximum atomic E-state index is 11.6. The second-order valence-electron chi connectivity index (χ2n) is 6.85. The first-order valence-corrected chi connectivity index (χ1v) is 8.03. The minimum atomic E-state index is -0.451. The molecule has 22 heavy (non-hydrogen) atoms. The molecule has 0 radical (unpaired) electrons. The third-order valence-corrected chi connectivity index (χ3v) is 3.34. The molecule has 0 aromatic heterocycles. The van der Waals surface area contributed by atoms with Crippen LogP contribution in [0, 0.1) is 0 Å². The lowest BCUT2D eigenvalue weighted by Crippen LogP contribution is -2.39. The van der Waals surface area contributed by atoms with Crippen LogP contribution in [-0.2, 0) is 4.74 Å². The van der Waals surface area contributed by atoms with Crippen molar-refractivity contribution in [3.63, 3.8) is 0 Å². The van der Waals surface area contributed by atoms with E-state index in [2.05, 4.69) is 41.8 Å². The molecule has 1 amide bonds. The fraction of sp³-hybridized carbons (Fsp3) is 0.611. The summed E-state index contributed by atoms with van der Waals surface area (Å²) >= 11 is 0. The molecule has 1 aromatic carbocycles. The van der Waals surface area contributed by atoms with Gasteiger partial charge >= 0.3 is 6.09 Å². The second kappa shape index (κ2) is 8.79. The van der Waals surface area contributed by atoms with Gasteiger partial charge in [-0.3, -0.25) is 0 Å². The fourth-order valence-corrected chi connectivity index (χ4v) is 2.12. The maximum absolute atomic E-state index is 11.6. The number of ether oxygens (including phenoxy) is 1. The van der Waals surface area contributed by atoms with Gasteiger partial charge in [-0.2, -0.15) is 0 Å². The zero-order valence-electron chi connectivity index (χ0n) is 14.5. The summed E-state index contributed by atoms with van der Waals surface area (Å²) in [7, 11) is 0. The van der Waals surface area contributed by atoms with Crippen LogP contribution in [0.1, 0.15) is 52.5 Å². The highest BCUT2D eigenvalue weighted by Crippen LogP contribution is 2.13. The number of amides is 1. The molecule has 0 aliphatic carbocycles. The molecule has 124 valence electrons. The highest BCUT2D eigenvalue weighted by atomic mass is 16.6. The maximum Gasteiger partial charge on any atom is 0.407 e. The first kappa shape index (κ1) is 18.5. The van der Waals surface area contributed by atoms with E-state index in [1.807, 2.05) is 33.8 Å². The average Bonchev–Trinajstić information content (AvgIpc) is 2.42. The lowest BCUT2D eigenvalue weighted by Gasteiger charge is -2.22. The van der Waals surface area contributed by atoms with Crippen molar-refractivity contribution in [1.82, 2.24) is 10.6 Å². The van der Waals surface area contributed by atoms with Gasteiger partial charge in [0, 0.05) is 12.6 Å². The van der Waals surface area contributed by atoms with Crippen LogP contribution in [0.15, 0.2) is 30.3 Å². The molecule has 0 fully saturated rings. The van der Waals surface area contributed by atoms with Crippen molar-refractivity contribution in [2.45, 2.75) is 58.6 Å². The zero-order chi connectivity index (χ0) is 16.6. The molecule has 0 aliphatic heterocycles. The van der Waals surface area contributed by atoms with Crippen LogP contribution in [0.2, 0.25) is 0 Å². The van der Waals surface area contributed by atoms with Crippen molar-refractivity contribution in [2.75, 3.05) is 13.1 Å². The Hall–Kier alpha value is -1.55. The van der Waals surface area contributed by atoms with Gasteiger partial charge in [0.25, 0.3) is 0 Å². The van der Waals surface area contributed by atoms with Crippen molar-refractivity contribution in [2.24, 2.45) is 0 Å². The third-order valence-electron chi connectivity index (χ3n) is 3.34. The van der Waals surface area contributed by atoms with Crippen LogP contribution < -0.4 is 10.6 Å². The van der Waals surface area contributed by atoms with Crippen LogP contribution in [0.5, 0.6) is 0 Å². The lowest BCUT2D eigenvalue weighted by molar-refractivity contribution is 0.0506. The van der Waals surface area contributed by atoms with E-state index in [1.165, 1.54) is 5.56 Å². The summed E-state index contributed by atoms with van der Waals surface area (Å²) in [6.07, 6.45) is 0.526.